The molecule has 1 aromatic rings. The van der Waals surface area contributed by atoms with E-state index in [1.54, 1.807) is 6.92 Å². The number of ketones is 1. The highest BCUT2D eigenvalue weighted by atomic mass is 16.5. The maximum absolute atomic E-state index is 11.1. The molecule has 0 N–H and O–H groups in total. The highest BCUT2D eigenvalue weighted by molar-refractivity contribution is 5.94. The first kappa shape index (κ1) is 18.4. The van der Waals surface area contributed by atoms with Crippen LogP contribution in [0.15, 0.2) is 36.9 Å². The lowest BCUT2D eigenvalue weighted by Gasteiger charge is -2.06. The zero-order valence-electron chi connectivity index (χ0n) is 11.9. The number of Topliss-reactive ketones (excluding diaryl/α,β-unsaturated/α-hetero) is 1. The van der Waals surface area contributed by atoms with Crippen LogP contribution in [0.2, 0.25) is 0 Å². The molecule has 0 fully saturated rings. The molecule has 0 aliphatic heterocycles. The van der Waals surface area contributed by atoms with Crippen LogP contribution in [-0.2, 0) is 0 Å². The number of hydrogen-bond donors (Lipinski definition) is 0. The first-order valence-corrected chi connectivity index (χ1v) is 7.08. The Bertz CT molecular complexity index is 379. The second-order valence-corrected chi connectivity index (χ2v) is 4.77. The third kappa shape index (κ3) is 7.78. The SMILES string of the molecule is C.C=CCCCCCCCOc1ccc(C(C)=O)cc1. The number of allylic oxidation sites excluding steroid dienone is 1. The average molecular weight is 276 g/mol. The van der Waals surface area contributed by atoms with Gasteiger partial charge < -0.3 is 4.74 Å². The van der Waals surface area contributed by atoms with Crippen molar-refractivity contribution in [1.29, 1.82) is 0 Å². The fourth-order valence-electron chi connectivity index (χ4n) is 1.90. The summed E-state index contributed by atoms with van der Waals surface area (Å²) in [6.45, 7) is 6.04. The van der Waals surface area contributed by atoms with Crippen LogP contribution in [0.3, 0.4) is 0 Å². The van der Waals surface area contributed by atoms with Gasteiger partial charge in [-0.2, -0.15) is 0 Å². The van der Waals surface area contributed by atoms with E-state index in [0.29, 0.717) is 0 Å². The predicted molar refractivity (Wildman–Crippen MR) is 86.6 cm³/mol. The summed E-state index contributed by atoms with van der Waals surface area (Å²) in [5, 5.41) is 0. The minimum atomic E-state index is 0. The summed E-state index contributed by atoms with van der Waals surface area (Å²) in [4.78, 5) is 11.1. The van der Waals surface area contributed by atoms with Crippen molar-refractivity contribution in [2.24, 2.45) is 0 Å². The van der Waals surface area contributed by atoms with Crippen molar-refractivity contribution in [3.8, 4) is 5.75 Å². The Kier molecular flexibility index (Phi) is 10.4. The van der Waals surface area contributed by atoms with Crippen LogP contribution in [0.4, 0.5) is 0 Å². The van der Waals surface area contributed by atoms with Crippen molar-refractivity contribution < 1.29 is 9.53 Å². The molecule has 0 saturated heterocycles. The molecular weight excluding hydrogens is 248 g/mol. The first-order valence-electron chi connectivity index (χ1n) is 7.08. The Morgan fingerprint density at radius 2 is 1.70 bits per heavy atom. The van der Waals surface area contributed by atoms with Crippen LogP contribution in [0, 0.1) is 0 Å². The molecule has 0 radical (unpaired) electrons. The van der Waals surface area contributed by atoms with E-state index in [-0.39, 0.29) is 13.2 Å². The third-order valence-corrected chi connectivity index (χ3v) is 3.08. The zero-order chi connectivity index (χ0) is 13.9. The zero-order valence-corrected chi connectivity index (χ0v) is 11.9. The van der Waals surface area contributed by atoms with Gasteiger partial charge in [0.2, 0.25) is 0 Å². The van der Waals surface area contributed by atoms with Crippen molar-refractivity contribution in [3.05, 3.63) is 42.5 Å². The van der Waals surface area contributed by atoms with Crippen molar-refractivity contribution in [2.45, 2.75) is 52.9 Å². The Morgan fingerprint density at radius 3 is 2.30 bits per heavy atom. The molecule has 0 saturated carbocycles. The average Bonchev–Trinajstić information content (AvgIpc) is 2.42. The number of benzene rings is 1. The highest BCUT2D eigenvalue weighted by Crippen LogP contribution is 2.13. The van der Waals surface area contributed by atoms with E-state index >= 15 is 0 Å². The summed E-state index contributed by atoms with van der Waals surface area (Å²) in [6, 6.07) is 7.35. The Labute approximate surface area is 123 Å². The molecule has 0 atom stereocenters. The number of unbranched alkanes of at least 4 members (excludes halogenated alkanes) is 5. The molecule has 0 unspecified atom stereocenters. The molecule has 0 bridgehead atoms. The molecule has 0 aromatic heterocycles. The highest BCUT2D eigenvalue weighted by Gasteiger charge is 1.99. The summed E-state index contributed by atoms with van der Waals surface area (Å²) < 4.78 is 5.64. The Hall–Kier alpha value is -1.57. The van der Waals surface area contributed by atoms with Crippen molar-refractivity contribution in [3.63, 3.8) is 0 Å². The normalized spacial score (nSPS) is 9.65. The molecule has 0 spiro atoms. The van der Waals surface area contributed by atoms with Gasteiger partial charge in [-0.1, -0.05) is 32.8 Å². The lowest BCUT2D eigenvalue weighted by atomic mass is 10.1. The number of carbonyl (C=O) groups is 1. The topological polar surface area (TPSA) is 26.3 Å². The second-order valence-electron chi connectivity index (χ2n) is 4.77. The second kappa shape index (κ2) is 11.3. The lowest BCUT2D eigenvalue weighted by Crippen LogP contribution is -1.98. The van der Waals surface area contributed by atoms with Gasteiger partial charge in [-0.3, -0.25) is 4.79 Å². The fourth-order valence-corrected chi connectivity index (χ4v) is 1.90. The summed E-state index contributed by atoms with van der Waals surface area (Å²) in [6.07, 6.45) is 9.19. The number of rotatable bonds is 10. The number of ether oxygens (including phenoxy) is 1. The molecule has 0 aliphatic carbocycles. The first-order chi connectivity index (χ1) is 9.24. The van der Waals surface area contributed by atoms with Gasteiger partial charge in [0.15, 0.2) is 5.78 Å². The quantitative estimate of drug-likeness (QED) is 0.323. The molecule has 112 valence electrons. The minimum Gasteiger partial charge on any atom is -0.494 e. The fraction of sp³-hybridized carbons (Fsp3) is 0.500. The lowest BCUT2D eigenvalue weighted by molar-refractivity contribution is 0.101. The molecule has 0 heterocycles. The maximum atomic E-state index is 11.1. The number of hydrogen-bond acceptors (Lipinski definition) is 2. The Morgan fingerprint density at radius 1 is 1.10 bits per heavy atom. The van der Waals surface area contributed by atoms with Crippen LogP contribution in [0.25, 0.3) is 0 Å². The summed E-state index contributed by atoms with van der Waals surface area (Å²) in [5.41, 5.74) is 0.731. The largest absolute Gasteiger partial charge is 0.494 e. The summed E-state index contributed by atoms with van der Waals surface area (Å²) in [5.74, 6) is 0.933. The predicted octanol–water partition coefficient (Wildman–Crippen LogP) is 5.43. The molecule has 0 aliphatic rings. The van der Waals surface area contributed by atoms with E-state index in [1.165, 1.54) is 25.7 Å². The van der Waals surface area contributed by atoms with Crippen LogP contribution >= 0.6 is 0 Å². The Balaban J connectivity index is 0.00000361. The minimum absolute atomic E-state index is 0. The van der Waals surface area contributed by atoms with Crippen LogP contribution in [0.5, 0.6) is 5.75 Å². The standard InChI is InChI=1S/C17H24O2.CH4/c1-3-4-5-6-7-8-9-14-19-17-12-10-16(11-13-17)15(2)18;/h3,10-13H,1,4-9,14H2,2H3;1H4. The van der Waals surface area contributed by atoms with E-state index in [2.05, 4.69) is 6.58 Å². The van der Waals surface area contributed by atoms with Gasteiger partial charge in [0.05, 0.1) is 6.61 Å². The molecule has 2 nitrogen and oxygen atoms in total. The molecule has 2 heteroatoms. The van der Waals surface area contributed by atoms with Gasteiger partial charge in [-0.15, -0.1) is 6.58 Å². The van der Waals surface area contributed by atoms with Gasteiger partial charge in [0, 0.05) is 5.56 Å². The summed E-state index contributed by atoms with van der Waals surface area (Å²) in [7, 11) is 0. The van der Waals surface area contributed by atoms with Gasteiger partial charge in [0.25, 0.3) is 0 Å². The molecule has 0 amide bonds. The van der Waals surface area contributed by atoms with Crippen molar-refractivity contribution in [1.82, 2.24) is 0 Å². The van der Waals surface area contributed by atoms with Gasteiger partial charge in [0.1, 0.15) is 5.75 Å². The van der Waals surface area contributed by atoms with E-state index in [0.717, 1.165) is 30.8 Å². The van der Waals surface area contributed by atoms with E-state index in [1.807, 2.05) is 30.3 Å². The summed E-state index contributed by atoms with van der Waals surface area (Å²) >= 11 is 0. The molecule has 1 aromatic carbocycles. The molecular formula is C18H28O2. The smallest absolute Gasteiger partial charge is 0.159 e. The van der Waals surface area contributed by atoms with Crippen LogP contribution < -0.4 is 4.74 Å². The third-order valence-electron chi connectivity index (χ3n) is 3.08. The van der Waals surface area contributed by atoms with Gasteiger partial charge in [-0.25, -0.2) is 0 Å². The maximum Gasteiger partial charge on any atom is 0.159 e. The van der Waals surface area contributed by atoms with Gasteiger partial charge in [-0.05, 0) is 50.5 Å². The van der Waals surface area contributed by atoms with Crippen LogP contribution in [-0.4, -0.2) is 12.4 Å². The molecule has 20 heavy (non-hydrogen) atoms. The van der Waals surface area contributed by atoms with E-state index in [9.17, 15) is 4.79 Å². The molecule has 1 rings (SSSR count). The van der Waals surface area contributed by atoms with E-state index in [4.69, 9.17) is 4.74 Å². The van der Waals surface area contributed by atoms with Crippen molar-refractivity contribution >= 4 is 5.78 Å². The van der Waals surface area contributed by atoms with Crippen LogP contribution in [0.1, 0.15) is 63.2 Å². The van der Waals surface area contributed by atoms with E-state index < -0.39 is 0 Å². The van der Waals surface area contributed by atoms with Gasteiger partial charge >= 0.3 is 0 Å². The van der Waals surface area contributed by atoms with Crippen molar-refractivity contribution in [2.75, 3.05) is 6.61 Å². The number of carbonyl (C=O) groups excluding carboxylic acids is 1. The monoisotopic (exact) mass is 276 g/mol.